The molecule has 2 aromatic carbocycles. The van der Waals surface area contributed by atoms with Gasteiger partial charge in [-0.15, -0.1) is 0 Å². The van der Waals surface area contributed by atoms with E-state index in [1.807, 2.05) is 19.9 Å². The summed E-state index contributed by atoms with van der Waals surface area (Å²) in [6.45, 7) is 8.25. The van der Waals surface area contributed by atoms with Crippen molar-refractivity contribution in [2.45, 2.75) is 39.5 Å². The van der Waals surface area contributed by atoms with E-state index in [-0.39, 0.29) is 11.7 Å². The molecule has 1 N–H and O–H groups in total. The Kier molecular flexibility index (Phi) is 6.93. The zero-order valence-corrected chi connectivity index (χ0v) is 18.5. The maximum atomic E-state index is 13.4. The van der Waals surface area contributed by atoms with Gasteiger partial charge < -0.3 is 14.6 Å². The summed E-state index contributed by atoms with van der Waals surface area (Å²) in [6, 6.07) is 10.2. The number of halogens is 1. The highest BCUT2D eigenvalue weighted by molar-refractivity contribution is 6.11. The van der Waals surface area contributed by atoms with E-state index in [9.17, 15) is 9.18 Å². The molecule has 0 saturated carbocycles. The summed E-state index contributed by atoms with van der Waals surface area (Å²) in [4.78, 5) is 15.1. The van der Waals surface area contributed by atoms with Gasteiger partial charge in [0.25, 0.3) is 5.91 Å². The molecule has 1 atom stereocenters. The summed E-state index contributed by atoms with van der Waals surface area (Å²) in [7, 11) is 3.77. The molecule has 0 spiro atoms. The van der Waals surface area contributed by atoms with Crippen molar-refractivity contribution in [2.24, 2.45) is 0 Å². The average Bonchev–Trinajstić information content (AvgIpc) is 3.12. The molecule has 160 valence electrons. The molecular formula is C25H31FN2O2. The second-order valence-corrected chi connectivity index (χ2v) is 7.70. The Morgan fingerprint density at radius 2 is 1.90 bits per heavy atom. The Labute approximate surface area is 178 Å². The van der Waals surface area contributed by atoms with Gasteiger partial charge in [0.05, 0.1) is 5.56 Å². The van der Waals surface area contributed by atoms with E-state index in [0.29, 0.717) is 28.4 Å². The fraction of sp³-hybridized carbons (Fsp3) is 0.400. The van der Waals surface area contributed by atoms with E-state index >= 15 is 0 Å². The Balaban J connectivity index is 0.00000124. The first kappa shape index (κ1) is 22.0. The maximum absolute atomic E-state index is 13.4. The predicted molar refractivity (Wildman–Crippen MR) is 121 cm³/mol. The molecule has 0 aliphatic carbocycles. The van der Waals surface area contributed by atoms with Crippen LogP contribution >= 0.6 is 0 Å². The molecule has 0 unspecified atom stereocenters. The molecule has 4 nitrogen and oxygen atoms in total. The number of likely N-dealkylation sites (N-methyl/N-ethyl adjacent to an activating group) is 1. The van der Waals surface area contributed by atoms with Gasteiger partial charge in [-0.3, -0.25) is 4.79 Å². The van der Waals surface area contributed by atoms with Crippen molar-refractivity contribution in [3.63, 3.8) is 0 Å². The summed E-state index contributed by atoms with van der Waals surface area (Å²) in [5.74, 6) is 0.408. The van der Waals surface area contributed by atoms with Crippen LogP contribution in [0.5, 0.6) is 0 Å². The molecule has 1 amide bonds. The Morgan fingerprint density at radius 1 is 1.20 bits per heavy atom. The molecule has 1 aliphatic heterocycles. The molecule has 1 aliphatic rings. The summed E-state index contributed by atoms with van der Waals surface area (Å²) >= 11 is 0. The molecule has 4 rings (SSSR count). The van der Waals surface area contributed by atoms with Gasteiger partial charge in [-0.05, 0) is 86.8 Å². The number of amides is 1. The van der Waals surface area contributed by atoms with Gasteiger partial charge in [-0.2, -0.15) is 0 Å². The van der Waals surface area contributed by atoms with Gasteiger partial charge in [0.2, 0.25) is 0 Å². The van der Waals surface area contributed by atoms with E-state index in [0.717, 1.165) is 24.9 Å². The maximum Gasteiger partial charge on any atom is 0.255 e. The number of likely N-dealkylation sites (tertiary alicyclic amines) is 1. The summed E-state index contributed by atoms with van der Waals surface area (Å²) < 4.78 is 19.5. The number of rotatable bonds is 3. The third kappa shape index (κ3) is 4.26. The molecule has 0 bridgehead atoms. The molecule has 1 aromatic heterocycles. The van der Waals surface area contributed by atoms with Crippen LogP contribution in [0.1, 0.15) is 54.1 Å². The van der Waals surface area contributed by atoms with Crippen molar-refractivity contribution in [2.75, 3.05) is 27.2 Å². The quantitative estimate of drug-likeness (QED) is 0.599. The number of carbonyl (C=O) groups excluding carboxylic acids is 1. The summed E-state index contributed by atoms with van der Waals surface area (Å²) in [6.07, 6.45) is 2.32. The van der Waals surface area contributed by atoms with E-state index < -0.39 is 0 Å². The van der Waals surface area contributed by atoms with Gasteiger partial charge >= 0.3 is 0 Å². The molecule has 1 fully saturated rings. The van der Waals surface area contributed by atoms with Crippen molar-refractivity contribution in [1.29, 1.82) is 0 Å². The number of nitrogens with zero attached hydrogens (tertiary/aromatic N) is 1. The monoisotopic (exact) mass is 410 g/mol. The lowest BCUT2D eigenvalue weighted by molar-refractivity contribution is 0.0964. The minimum Gasteiger partial charge on any atom is -0.455 e. The molecule has 5 heteroatoms. The minimum absolute atomic E-state index is 0.200. The highest BCUT2D eigenvalue weighted by Crippen LogP contribution is 2.38. The highest BCUT2D eigenvalue weighted by atomic mass is 19.1. The molecule has 1 saturated heterocycles. The number of furan rings is 1. The number of fused-ring (bicyclic) bond motifs is 1. The topological polar surface area (TPSA) is 45.5 Å². The average molecular weight is 411 g/mol. The van der Waals surface area contributed by atoms with Crippen LogP contribution in [0.4, 0.5) is 4.39 Å². The Morgan fingerprint density at radius 3 is 2.53 bits per heavy atom. The zero-order valence-electron chi connectivity index (χ0n) is 18.5. The zero-order chi connectivity index (χ0) is 21.8. The molecular weight excluding hydrogens is 379 g/mol. The van der Waals surface area contributed by atoms with Crippen LogP contribution in [0.15, 0.2) is 40.8 Å². The van der Waals surface area contributed by atoms with Gasteiger partial charge in [0.15, 0.2) is 0 Å². The largest absolute Gasteiger partial charge is 0.455 e. The van der Waals surface area contributed by atoms with Crippen molar-refractivity contribution in [3.8, 4) is 11.3 Å². The molecule has 0 radical (unpaired) electrons. The van der Waals surface area contributed by atoms with Crippen LogP contribution in [0.25, 0.3) is 22.3 Å². The Hall–Kier alpha value is -2.66. The van der Waals surface area contributed by atoms with Crippen molar-refractivity contribution >= 4 is 16.9 Å². The van der Waals surface area contributed by atoms with Crippen LogP contribution in [-0.2, 0) is 0 Å². The minimum atomic E-state index is -0.319. The molecule has 2 heterocycles. The van der Waals surface area contributed by atoms with E-state index in [1.165, 1.54) is 29.7 Å². The molecule has 3 aromatic rings. The second kappa shape index (κ2) is 9.43. The van der Waals surface area contributed by atoms with E-state index in [1.54, 1.807) is 19.2 Å². The van der Waals surface area contributed by atoms with Crippen LogP contribution < -0.4 is 5.32 Å². The lowest BCUT2D eigenvalue weighted by Crippen LogP contribution is -2.31. The van der Waals surface area contributed by atoms with Gasteiger partial charge in [-0.1, -0.05) is 13.8 Å². The number of hydrogen-bond acceptors (Lipinski definition) is 3. The van der Waals surface area contributed by atoms with Crippen LogP contribution in [0, 0.1) is 12.7 Å². The third-order valence-electron chi connectivity index (χ3n) is 5.70. The molecule has 30 heavy (non-hydrogen) atoms. The number of benzene rings is 2. The van der Waals surface area contributed by atoms with Crippen molar-refractivity contribution < 1.29 is 13.6 Å². The normalized spacial score (nSPS) is 16.8. The lowest BCUT2D eigenvalue weighted by Gasteiger charge is -2.30. The van der Waals surface area contributed by atoms with Crippen molar-refractivity contribution in [1.82, 2.24) is 10.2 Å². The fourth-order valence-corrected chi connectivity index (χ4v) is 4.28. The number of carbonyl (C=O) groups is 1. The van der Waals surface area contributed by atoms with Gasteiger partial charge in [0.1, 0.15) is 17.2 Å². The Bertz CT molecular complexity index is 1020. The standard InChI is InChI=1S/C23H25FN2O2.C2H6/c1-14-11-20-19(12-18(14)16-5-4-10-26(3)13-16)21(23(27)25-2)22(28-20)15-6-8-17(24)9-7-15;1-2/h6-9,11-12,16H,4-5,10,13H2,1-3H3,(H,25,27);1-2H3/t16-;/m1./s1. The SMILES string of the molecule is CC.CNC(=O)c1c(-c2ccc(F)cc2)oc2cc(C)c([C@@H]3CCCN(C)C3)cc12. The number of aryl methyl sites for hydroxylation is 1. The van der Waals surface area contributed by atoms with Crippen LogP contribution in [0.3, 0.4) is 0 Å². The first-order valence-electron chi connectivity index (χ1n) is 10.7. The van der Waals surface area contributed by atoms with Crippen molar-refractivity contribution in [3.05, 3.63) is 58.9 Å². The fourth-order valence-electron chi connectivity index (χ4n) is 4.28. The predicted octanol–water partition coefficient (Wildman–Crippen LogP) is 5.74. The number of hydrogen-bond donors (Lipinski definition) is 1. The van der Waals surface area contributed by atoms with Gasteiger partial charge in [0, 0.05) is 24.5 Å². The summed E-state index contributed by atoms with van der Waals surface area (Å²) in [5, 5.41) is 3.53. The first-order chi connectivity index (χ1) is 14.5. The van der Waals surface area contributed by atoms with E-state index in [2.05, 4.69) is 30.3 Å². The lowest BCUT2D eigenvalue weighted by atomic mass is 9.87. The number of piperidine rings is 1. The highest BCUT2D eigenvalue weighted by Gasteiger charge is 2.25. The van der Waals surface area contributed by atoms with Crippen LogP contribution in [0.2, 0.25) is 0 Å². The van der Waals surface area contributed by atoms with Crippen LogP contribution in [-0.4, -0.2) is 38.0 Å². The van der Waals surface area contributed by atoms with Gasteiger partial charge in [-0.25, -0.2) is 4.39 Å². The summed E-state index contributed by atoms with van der Waals surface area (Å²) in [5.41, 5.74) is 4.33. The number of nitrogens with one attached hydrogen (secondary N) is 1. The van der Waals surface area contributed by atoms with E-state index in [4.69, 9.17) is 4.42 Å². The third-order valence-corrected chi connectivity index (χ3v) is 5.70. The first-order valence-corrected chi connectivity index (χ1v) is 10.7. The second-order valence-electron chi connectivity index (χ2n) is 7.70. The smallest absolute Gasteiger partial charge is 0.255 e.